The molecule has 1 saturated heterocycles. The van der Waals surface area contributed by atoms with Crippen molar-refractivity contribution >= 4 is 44.4 Å². The maximum Gasteiger partial charge on any atom is 0.494 e. The minimum Gasteiger partial charge on any atom is -0.399 e. The summed E-state index contributed by atoms with van der Waals surface area (Å²) in [5.74, 6) is 3.84. The molecule has 15 rings (SSSR count). The average Bonchev–Trinajstić information content (AvgIpc) is 1.53. The minimum absolute atomic E-state index is 0.308. The molecule has 1 fully saturated rings. The molecule has 0 spiro atoms. The molecule has 0 amide bonds. The molecular formula is C84H68BBr2N9O2. The summed E-state index contributed by atoms with van der Waals surface area (Å²) in [5.41, 5.74) is 20.1. The molecule has 14 aromatic rings. The van der Waals surface area contributed by atoms with Crippen LogP contribution in [0.2, 0.25) is 0 Å². The first-order valence-electron chi connectivity index (χ1n) is 32.3. The Morgan fingerprint density at radius 3 is 0.786 bits per heavy atom. The molecule has 11 nitrogen and oxygen atoms in total. The lowest BCUT2D eigenvalue weighted by atomic mass is 9.78. The monoisotopic (exact) mass is 1400 g/mol. The molecule has 14 heteroatoms. The molecule has 0 N–H and O–H groups in total. The van der Waals surface area contributed by atoms with Crippen LogP contribution in [0.15, 0.2) is 294 Å². The number of hydrogen-bond acceptors (Lipinski definition) is 11. The van der Waals surface area contributed by atoms with Gasteiger partial charge in [0.15, 0.2) is 34.9 Å². The van der Waals surface area contributed by atoms with Crippen molar-refractivity contribution in [3.8, 4) is 124 Å². The second-order valence-corrected chi connectivity index (χ2v) is 26.8. The van der Waals surface area contributed by atoms with Crippen molar-refractivity contribution in [3.05, 3.63) is 312 Å². The van der Waals surface area contributed by atoms with Crippen LogP contribution in [0.25, 0.3) is 124 Å². The summed E-state index contributed by atoms with van der Waals surface area (Å²) in [7, 11) is -0.310. The molecular weight excluding hydrogens is 1340 g/mol. The summed E-state index contributed by atoms with van der Waals surface area (Å²) in [5, 5.41) is 0. The zero-order chi connectivity index (χ0) is 67.8. The number of rotatable bonds is 12. The van der Waals surface area contributed by atoms with Crippen LogP contribution >= 0.6 is 31.9 Å². The van der Waals surface area contributed by atoms with Crippen molar-refractivity contribution in [2.24, 2.45) is 0 Å². The molecule has 1 aliphatic rings. The van der Waals surface area contributed by atoms with Crippen molar-refractivity contribution in [2.45, 2.75) is 59.7 Å². The summed E-state index contributed by atoms with van der Waals surface area (Å²) in [4.78, 5) is 42.5. The number of nitrogens with zero attached hydrogens (tertiary/aromatic N) is 9. The predicted molar refractivity (Wildman–Crippen MR) is 405 cm³/mol. The van der Waals surface area contributed by atoms with E-state index >= 15 is 0 Å². The van der Waals surface area contributed by atoms with Crippen LogP contribution in [0.1, 0.15) is 44.8 Å². The Balaban J connectivity index is 0.000000150. The summed E-state index contributed by atoms with van der Waals surface area (Å²) in [6, 6.07) is 90.7. The fourth-order valence-corrected chi connectivity index (χ4v) is 12.4. The van der Waals surface area contributed by atoms with Gasteiger partial charge in [-0.3, -0.25) is 15.0 Å². The quantitative estimate of drug-likeness (QED) is 0.108. The first kappa shape index (κ1) is 66.0. The summed E-state index contributed by atoms with van der Waals surface area (Å²) in [6.45, 7) is 14.3. The van der Waals surface area contributed by atoms with E-state index in [1.807, 2.05) is 197 Å². The third-order valence-electron chi connectivity index (χ3n) is 17.3. The van der Waals surface area contributed by atoms with Gasteiger partial charge in [0.05, 0.1) is 11.2 Å². The van der Waals surface area contributed by atoms with Gasteiger partial charge in [0, 0.05) is 94.7 Å². The molecule has 1 aliphatic heterocycles. The lowest BCUT2D eigenvalue weighted by molar-refractivity contribution is 0.00578. The van der Waals surface area contributed by atoms with Crippen LogP contribution in [-0.4, -0.2) is 63.2 Å². The number of pyridine rings is 3. The van der Waals surface area contributed by atoms with Gasteiger partial charge in [-0.25, -0.2) is 29.9 Å². The van der Waals surface area contributed by atoms with Crippen LogP contribution in [0, 0.1) is 20.8 Å². The van der Waals surface area contributed by atoms with Crippen LogP contribution < -0.4 is 5.46 Å². The SMILES string of the molecule is Brc1cc(Br)cc(-c2nc(-c3ccccc3)nc(-c3ccccc3)n2)c1.Cc1ccc(-c2ccc(-c3cc(-c4ccc(-c5ccc(C)nc5)cc4)cc(-c4nc(-c5ccccc5)nc(-c5ccccc5)n4)c3)cc2)cn1.Cc1ccc(-c2ccc(B3OC(C)(C)C(C)(C)O3)cc2)cn1. The molecule has 0 bridgehead atoms. The standard InChI is InChI=1S/C45H33N5.C21H13Br2N3.C18H22BNO2/c1-30-13-15-38(28-46-30)32-17-21-34(22-18-32)40-25-41(35-23-19-33(20-24-35)39-16-14-31(2)47-29-39)27-42(26-40)45-49-43(36-9-5-3-6-10-36)48-44(50-45)37-11-7-4-8-12-37;22-17-11-16(12-18(23)13-17)21-25-19(14-7-3-1-4-8-14)24-20(26-21)15-9-5-2-6-10-15;1-13-6-7-15(12-20-13)14-8-10-16(11-9-14)19-21-17(2,3)18(4,5)22-19/h3-29H,1-2H3;1-13H;6-12H,1-5H3. The minimum atomic E-state index is -0.310. The van der Waals surface area contributed by atoms with Gasteiger partial charge in [-0.1, -0.05) is 244 Å². The van der Waals surface area contributed by atoms with Crippen molar-refractivity contribution in [1.82, 2.24) is 44.9 Å². The first-order valence-corrected chi connectivity index (χ1v) is 33.9. The second-order valence-electron chi connectivity index (χ2n) is 25.0. The highest BCUT2D eigenvalue weighted by Gasteiger charge is 2.51. The highest BCUT2D eigenvalue weighted by molar-refractivity contribution is 9.11. The molecule has 98 heavy (non-hydrogen) atoms. The largest absolute Gasteiger partial charge is 0.494 e. The molecule has 0 aliphatic carbocycles. The zero-order valence-corrected chi connectivity index (χ0v) is 58.5. The second kappa shape index (κ2) is 29.4. The summed E-state index contributed by atoms with van der Waals surface area (Å²) >= 11 is 7.07. The predicted octanol–water partition coefficient (Wildman–Crippen LogP) is 20.7. The Labute approximate surface area is 589 Å². The number of hydrogen-bond donors (Lipinski definition) is 0. The number of aryl methyl sites for hydroxylation is 3. The fourth-order valence-electron chi connectivity index (χ4n) is 11.1. The number of halogens is 2. The maximum absolute atomic E-state index is 6.08. The lowest BCUT2D eigenvalue weighted by Gasteiger charge is -2.32. The Kier molecular flexibility index (Phi) is 19.8. The van der Waals surface area contributed by atoms with Crippen LogP contribution in [0.3, 0.4) is 0 Å². The fraction of sp³-hybridized carbons (Fsp3) is 0.107. The van der Waals surface area contributed by atoms with Crippen molar-refractivity contribution in [1.29, 1.82) is 0 Å². The molecule has 5 aromatic heterocycles. The third kappa shape index (κ3) is 15.8. The van der Waals surface area contributed by atoms with Crippen LogP contribution in [-0.2, 0) is 9.31 Å². The molecule has 0 radical (unpaired) electrons. The third-order valence-corrected chi connectivity index (χ3v) is 18.2. The van der Waals surface area contributed by atoms with Gasteiger partial charge >= 0.3 is 7.12 Å². The Morgan fingerprint density at radius 2 is 0.500 bits per heavy atom. The Hall–Kier alpha value is -10.6. The van der Waals surface area contributed by atoms with Crippen LogP contribution in [0.5, 0.6) is 0 Å². The molecule has 0 unspecified atom stereocenters. The summed E-state index contributed by atoms with van der Waals surface area (Å²) < 4.78 is 14.1. The van der Waals surface area contributed by atoms with Crippen molar-refractivity contribution in [3.63, 3.8) is 0 Å². The van der Waals surface area contributed by atoms with Gasteiger partial charge in [0.1, 0.15) is 0 Å². The highest BCUT2D eigenvalue weighted by Crippen LogP contribution is 2.38. The van der Waals surface area contributed by atoms with Gasteiger partial charge in [-0.2, -0.15) is 0 Å². The maximum atomic E-state index is 6.08. The van der Waals surface area contributed by atoms with Gasteiger partial charge in [-0.05, 0) is 147 Å². The van der Waals surface area contributed by atoms with E-state index in [9.17, 15) is 0 Å². The molecule has 478 valence electrons. The van der Waals surface area contributed by atoms with E-state index in [0.29, 0.717) is 34.9 Å². The van der Waals surface area contributed by atoms with E-state index in [4.69, 9.17) is 39.2 Å². The average molecular weight is 1410 g/mol. The lowest BCUT2D eigenvalue weighted by Crippen LogP contribution is -2.41. The van der Waals surface area contributed by atoms with E-state index in [1.54, 1.807) is 0 Å². The Morgan fingerprint density at radius 1 is 0.255 bits per heavy atom. The smallest absolute Gasteiger partial charge is 0.399 e. The zero-order valence-electron chi connectivity index (χ0n) is 55.3. The van der Waals surface area contributed by atoms with Gasteiger partial charge in [0.25, 0.3) is 0 Å². The van der Waals surface area contributed by atoms with Gasteiger partial charge in [0.2, 0.25) is 0 Å². The van der Waals surface area contributed by atoms with Gasteiger partial charge in [-0.15, -0.1) is 0 Å². The molecule has 0 atom stereocenters. The van der Waals surface area contributed by atoms with E-state index in [1.165, 1.54) is 0 Å². The number of aromatic nitrogens is 9. The van der Waals surface area contributed by atoms with Gasteiger partial charge < -0.3 is 9.31 Å². The topological polar surface area (TPSA) is 134 Å². The van der Waals surface area contributed by atoms with E-state index in [2.05, 4.69) is 184 Å². The van der Waals surface area contributed by atoms with E-state index in [0.717, 1.165) is 121 Å². The molecule has 6 heterocycles. The number of benzene rings is 9. The molecule has 9 aromatic carbocycles. The highest BCUT2D eigenvalue weighted by atomic mass is 79.9. The molecule has 0 saturated carbocycles. The van der Waals surface area contributed by atoms with E-state index < -0.39 is 0 Å². The van der Waals surface area contributed by atoms with E-state index in [-0.39, 0.29) is 18.3 Å². The summed E-state index contributed by atoms with van der Waals surface area (Å²) in [6.07, 6.45) is 5.75. The van der Waals surface area contributed by atoms with Crippen molar-refractivity contribution < 1.29 is 9.31 Å². The van der Waals surface area contributed by atoms with Crippen molar-refractivity contribution in [2.75, 3.05) is 0 Å². The first-order chi connectivity index (χ1) is 47.5. The Bertz CT molecular complexity index is 4780. The normalized spacial score (nSPS) is 12.8. The van der Waals surface area contributed by atoms with Crippen LogP contribution in [0.4, 0.5) is 0 Å².